The van der Waals surface area contributed by atoms with E-state index in [1.807, 2.05) is 14.1 Å². The highest BCUT2D eigenvalue weighted by molar-refractivity contribution is 6.31. The lowest BCUT2D eigenvalue weighted by Crippen LogP contribution is -3.00. The van der Waals surface area contributed by atoms with Gasteiger partial charge in [-0.2, -0.15) is 10.5 Å². The van der Waals surface area contributed by atoms with Gasteiger partial charge in [0.25, 0.3) is 11.8 Å². The Balaban J connectivity index is 0.00000544. The number of anilines is 2. The van der Waals surface area contributed by atoms with Crippen molar-refractivity contribution in [3.63, 3.8) is 0 Å². The van der Waals surface area contributed by atoms with E-state index in [0.29, 0.717) is 96.9 Å². The van der Waals surface area contributed by atoms with E-state index in [1.165, 1.54) is 9.80 Å². The average Bonchev–Trinajstić information content (AvgIpc) is 3.73. The minimum atomic E-state index is -0.721. The molecule has 2 atom stereocenters. The van der Waals surface area contributed by atoms with Crippen LogP contribution in [0.1, 0.15) is 34.3 Å². The molecule has 0 aliphatic carbocycles. The molecule has 0 spiro atoms. The maximum absolute atomic E-state index is 14.3. The van der Waals surface area contributed by atoms with Crippen LogP contribution >= 0.6 is 23.2 Å². The van der Waals surface area contributed by atoms with Gasteiger partial charge < -0.3 is 48.9 Å². The van der Waals surface area contributed by atoms with Crippen molar-refractivity contribution in [1.82, 2.24) is 20.4 Å². The fourth-order valence-corrected chi connectivity index (χ4v) is 8.39. The summed E-state index contributed by atoms with van der Waals surface area (Å²) in [6.45, 7) is 2.18. The Hall–Kier alpha value is -5.91. The molecule has 4 heterocycles. The van der Waals surface area contributed by atoms with E-state index in [4.69, 9.17) is 23.2 Å². The van der Waals surface area contributed by atoms with Gasteiger partial charge in [0.15, 0.2) is 0 Å². The number of amides is 6. The molecule has 0 fully saturated rings. The summed E-state index contributed by atoms with van der Waals surface area (Å²) in [4.78, 5) is 62.7. The summed E-state index contributed by atoms with van der Waals surface area (Å²) >= 11 is 12.7. The summed E-state index contributed by atoms with van der Waals surface area (Å²) in [5, 5.41) is 25.6. The Morgan fingerprint density at radius 1 is 0.633 bits per heavy atom. The van der Waals surface area contributed by atoms with Crippen LogP contribution in [0, 0.1) is 22.7 Å². The lowest BCUT2D eigenvalue weighted by atomic mass is 9.94. The first kappa shape index (κ1) is 42.2. The van der Waals surface area contributed by atoms with Gasteiger partial charge >= 0.3 is 12.1 Å². The normalized spacial score (nSPS) is 18.8. The topological polar surface area (TPSA) is 153 Å². The highest BCUT2D eigenvalue weighted by Crippen LogP contribution is 2.41. The number of hydrogen-bond acceptors (Lipinski definition) is 6. The van der Waals surface area contributed by atoms with Crippen LogP contribution in [-0.2, 0) is 9.59 Å². The number of nitrogens with zero attached hydrogens (tertiary/aromatic N) is 7. The lowest BCUT2D eigenvalue weighted by Gasteiger charge is -2.34. The molecule has 4 aliphatic heterocycles. The Labute approximate surface area is 374 Å². The smallest absolute Gasteiger partial charge is 0.327 e. The summed E-state index contributed by atoms with van der Waals surface area (Å²) in [5.41, 5.74) is 5.37. The highest BCUT2D eigenvalue weighted by atomic mass is 127. The maximum atomic E-state index is 14.3. The molecule has 0 radical (unpaired) electrons. The van der Waals surface area contributed by atoms with Gasteiger partial charge in [-0.05, 0) is 71.8 Å². The van der Waals surface area contributed by atoms with Gasteiger partial charge in [-0.15, -0.1) is 0 Å². The molecule has 8 rings (SSSR count). The Morgan fingerprint density at radius 2 is 1.02 bits per heavy atom. The van der Waals surface area contributed by atoms with Crippen LogP contribution in [0.4, 0.5) is 21.0 Å². The second kappa shape index (κ2) is 17.0. The van der Waals surface area contributed by atoms with Gasteiger partial charge in [-0.1, -0.05) is 59.6 Å². The van der Waals surface area contributed by atoms with Gasteiger partial charge in [0.1, 0.15) is 0 Å². The Morgan fingerprint density at radius 3 is 1.37 bits per heavy atom. The van der Waals surface area contributed by atoms with Gasteiger partial charge in [-0.25, -0.2) is 9.59 Å². The number of halogens is 3. The molecule has 4 aromatic rings. The summed E-state index contributed by atoms with van der Waals surface area (Å²) < 4.78 is 0.450. The molecule has 6 amide bonds. The second-order valence-corrected chi connectivity index (χ2v) is 16.3. The monoisotopic (exact) mass is 953 g/mol. The minimum absolute atomic E-state index is 0. The largest absolute Gasteiger partial charge is 1.00 e. The predicted molar refractivity (Wildman–Crippen MR) is 222 cm³/mol. The number of nitriles is 2. The number of carbonyl (C=O) groups excluding carboxylic acids is 4. The fraction of sp³-hybridized carbons (Fsp3) is 0.227. The zero-order valence-corrected chi connectivity index (χ0v) is 36.2. The van der Waals surface area contributed by atoms with Crippen molar-refractivity contribution in [3.8, 4) is 12.1 Å². The van der Waals surface area contributed by atoms with Crippen molar-refractivity contribution < 1.29 is 47.6 Å². The zero-order chi connectivity index (χ0) is 41.6. The first-order chi connectivity index (χ1) is 28.3. The second-order valence-electron chi connectivity index (χ2n) is 15.4. The number of urea groups is 2. The molecule has 0 unspecified atom stereocenters. The van der Waals surface area contributed by atoms with E-state index in [-0.39, 0.29) is 48.9 Å². The highest BCUT2D eigenvalue weighted by Gasteiger charge is 2.47. The molecule has 0 saturated carbocycles. The van der Waals surface area contributed by atoms with Crippen molar-refractivity contribution >= 4 is 58.5 Å². The summed E-state index contributed by atoms with van der Waals surface area (Å²) in [7, 11) is 4.07. The number of likely N-dealkylation sites (N-methyl/N-ethyl adjacent to an activating group) is 1. The van der Waals surface area contributed by atoms with E-state index in [1.54, 1.807) is 107 Å². The molecule has 4 aliphatic rings. The maximum Gasteiger partial charge on any atom is 0.327 e. The van der Waals surface area contributed by atoms with E-state index < -0.39 is 24.1 Å². The van der Waals surface area contributed by atoms with E-state index in [0.717, 1.165) is 0 Å². The van der Waals surface area contributed by atoms with Crippen molar-refractivity contribution in [3.05, 3.63) is 152 Å². The fourth-order valence-electron chi connectivity index (χ4n) is 8.02. The first-order valence-corrected chi connectivity index (χ1v) is 19.7. The van der Waals surface area contributed by atoms with Crippen molar-refractivity contribution in [2.45, 2.75) is 12.1 Å². The summed E-state index contributed by atoms with van der Waals surface area (Å²) in [6, 6.07) is 29.5. The molecule has 4 aromatic carbocycles. The van der Waals surface area contributed by atoms with Crippen molar-refractivity contribution in [2.24, 2.45) is 0 Å². The molecule has 2 N–H and O–H groups in total. The number of benzene rings is 4. The van der Waals surface area contributed by atoms with E-state index >= 15 is 0 Å². The van der Waals surface area contributed by atoms with Crippen molar-refractivity contribution in [1.29, 1.82) is 10.5 Å². The molecule has 16 heteroatoms. The summed E-state index contributed by atoms with van der Waals surface area (Å²) in [6.07, 6.45) is 0. The third-order valence-electron chi connectivity index (χ3n) is 11.2. The quantitative estimate of drug-likeness (QED) is 0.184. The van der Waals surface area contributed by atoms with Crippen LogP contribution in [0.2, 0.25) is 10.0 Å². The van der Waals surface area contributed by atoms with Crippen LogP contribution in [0.25, 0.3) is 0 Å². The number of carbonyl (C=O) groups is 4. The van der Waals surface area contributed by atoms with Crippen molar-refractivity contribution in [2.75, 3.05) is 63.2 Å². The van der Waals surface area contributed by atoms with E-state index in [2.05, 4.69) is 22.8 Å². The van der Waals surface area contributed by atoms with Gasteiger partial charge in [-0.3, -0.25) is 19.4 Å². The molecular weight excluding hydrogens is 916 g/mol. The van der Waals surface area contributed by atoms with Crippen LogP contribution < -0.4 is 44.4 Å². The number of quaternary nitrogens is 1. The molecule has 0 aromatic heterocycles. The predicted octanol–water partition coefficient (Wildman–Crippen LogP) is 3.25. The molecule has 0 bridgehead atoms. The van der Waals surface area contributed by atoms with Gasteiger partial charge in [0, 0.05) is 10.0 Å². The third-order valence-corrected chi connectivity index (χ3v) is 11.7. The van der Waals surface area contributed by atoms with E-state index in [9.17, 15) is 29.7 Å². The SMILES string of the molecule is C[N+](C)(CCN1CC2=C(C1=O)[C@@H](c1ccc(C#N)cc1)NC(=O)N2c1cccc(Cl)c1)CCN1CC2=C(C1=O)[C@@H](c1ccc(C#N)cc1)NC(=O)N2c1cccc(Cl)c1.[I-]. The molecule has 304 valence electrons. The minimum Gasteiger partial charge on any atom is -1.00 e. The molecular formula is C44H38Cl2IN9O4. The van der Waals surface area contributed by atoms with Gasteiger partial charge in [0.05, 0.1) is 123 Å². The van der Waals surface area contributed by atoms with Crippen LogP contribution in [0.15, 0.2) is 120 Å². The van der Waals surface area contributed by atoms with Crippen LogP contribution in [0.3, 0.4) is 0 Å². The molecule has 60 heavy (non-hydrogen) atoms. The number of hydrogen-bond donors (Lipinski definition) is 2. The summed E-state index contributed by atoms with van der Waals surface area (Å²) in [5.74, 6) is -0.416. The first-order valence-electron chi connectivity index (χ1n) is 18.9. The molecule has 13 nitrogen and oxygen atoms in total. The Bertz CT molecular complexity index is 2390. The Kier molecular flexibility index (Phi) is 12.0. The lowest BCUT2D eigenvalue weighted by molar-refractivity contribution is -0.889. The molecule has 0 saturated heterocycles. The zero-order valence-electron chi connectivity index (χ0n) is 32.5. The van der Waals surface area contributed by atoms with Gasteiger partial charge in [0.2, 0.25) is 0 Å². The number of nitrogens with one attached hydrogen (secondary N) is 2. The standard InChI is InChI=1S/C44H37Cl2N9O4.HI/c1-55(2,19-17-51-25-35-37(41(51)56)39(29-13-9-27(23-47)10-14-29)49-43(58)53(35)33-7-3-5-31(45)21-33)20-18-52-26-36-38(42(52)57)40(30-15-11-28(24-48)12-16-30)50-44(59)54(36)34-8-4-6-32(46)22-34;/h3-16,21-22,39-40H,17-20,25-26H2,1-2H3,(H-,49,50,58,59);1H/t39-,40-;/m1./s1. The number of rotatable bonds is 10. The van der Waals surface area contributed by atoms with Crippen LogP contribution in [0.5, 0.6) is 0 Å². The third kappa shape index (κ3) is 8.03. The average molecular weight is 955 g/mol. The van der Waals surface area contributed by atoms with Crippen LogP contribution in [-0.4, -0.2) is 91.5 Å².